The summed E-state index contributed by atoms with van der Waals surface area (Å²) in [6.07, 6.45) is 0.771. The molecule has 5 heteroatoms. The number of carbonyl (C=O) groups excluding carboxylic acids is 1. The first-order valence-electron chi connectivity index (χ1n) is 5.68. The molecule has 1 amide bonds. The number of nitrogens with two attached hydrogens (primary N) is 1. The molecule has 3 N–H and O–H groups in total. The number of carbonyl (C=O) groups is 1. The highest BCUT2D eigenvalue weighted by Crippen LogP contribution is 2.13. The van der Waals surface area contributed by atoms with E-state index in [4.69, 9.17) is 17.3 Å². The first-order valence-corrected chi connectivity index (χ1v) is 6.06. The molecule has 0 saturated heterocycles. The Balaban J connectivity index is 0.00000289. The summed E-state index contributed by atoms with van der Waals surface area (Å²) in [6.45, 7) is 4.61. The minimum atomic E-state index is -0.506. The Morgan fingerprint density at radius 3 is 2.67 bits per heavy atom. The molecular formula is C13H20Cl2N2O. The van der Waals surface area contributed by atoms with Crippen molar-refractivity contribution in [3.8, 4) is 0 Å². The Labute approximate surface area is 119 Å². The molecule has 0 aromatic heterocycles. The van der Waals surface area contributed by atoms with Crippen LogP contribution in [0.15, 0.2) is 24.3 Å². The van der Waals surface area contributed by atoms with Crippen LogP contribution in [0.4, 0.5) is 0 Å². The third-order valence-electron chi connectivity index (χ3n) is 2.71. The molecule has 0 atom stereocenters. The number of hydrogen-bond acceptors (Lipinski definition) is 2. The Bertz CT molecular complexity index is 394. The smallest absolute Gasteiger partial charge is 0.226 e. The highest BCUT2D eigenvalue weighted by Gasteiger charge is 2.24. The molecule has 0 saturated carbocycles. The third kappa shape index (κ3) is 5.25. The Morgan fingerprint density at radius 1 is 1.44 bits per heavy atom. The number of benzene rings is 1. The van der Waals surface area contributed by atoms with Crippen LogP contribution >= 0.6 is 24.0 Å². The predicted molar refractivity (Wildman–Crippen MR) is 78.2 cm³/mol. The SMILES string of the molecule is CC(C)(CN)C(=O)NCCc1cccc(Cl)c1.Cl. The van der Waals surface area contributed by atoms with Gasteiger partial charge in [0.25, 0.3) is 0 Å². The van der Waals surface area contributed by atoms with Gasteiger partial charge in [-0.25, -0.2) is 0 Å². The van der Waals surface area contributed by atoms with Gasteiger partial charge in [0.15, 0.2) is 0 Å². The van der Waals surface area contributed by atoms with Crippen molar-refractivity contribution in [1.82, 2.24) is 5.32 Å². The summed E-state index contributed by atoms with van der Waals surface area (Å²) in [5.74, 6) is -0.0120. The van der Waals surface area contributed by atoms with Crippen LogP contribution in [0.3, 0.4) is 0 Å². The largest absolute Gasteiger partial charge is 0.355 e. The molecule has 0 aliphatic rings. The van der Waals surface area contributed by atoms with Crippen molar-refractivity contribution in [2.45, 2.75) is 20.3 Å². The molecule has 0 heterocycles. The summed E-state index contributed by atoms with van der Waals surface area (Å²) < 4.78 is 0. The number of halogens is 2. The lowest BCUT2D eigenvalue weighted by Gasteiger charge is -2.21. The van der Waals surface area contributed by atoms with E-state index in [1.54, 1.807) is 0 Å². The summed E-state index contributed by atoms with van der Waals surface area (Å²) in [4.78, 5) is 11.7. The van der Waals surface area contributed by atoms with Gasteiger partial charge in [0.1, 0.15) is 0 Å². The average Bonchev–Trinajstić information content (AvgIpc) is 2.29. The van der Waals surface area contributed by atoms with Crippen LogP contribution in [-0.2, 0) is 11.2 Å². The normalized spacial score (nSPS) is 10.7. The van der Waals surface area contributed by atoms with Gasteiger partial charge < -0.3 is 11.1 Å². The standard InChI is InChI=1S/C13H19ClN2O.ClH/c1-13(2,9-15)12(17)16-7-6-10-4-3-5-11(14)8-10;/h3-5,8H,6-7,9,15H2,1-2H3,(H,16,17);1H. The molecule has 0 radical (unpaired) electrons. The van der Waals surface area contributed by atoms with E-state index in [2.05, 4.69) is 5.32 Å². The number of hydrogen-bond donors (Lipinski definition) is 2. The summed E-state index contributed by atoms with van der Waals surface area (Å²) in [6, 6.07) is 7.64. The maximum Gasteiger partial charge on any atom is 0.226 e. The molecule has 1 rings (SSSR count). The molecule has 0 spiro atoms. The van der Waals surface area contributed by atoms with Gasteiger partial charge in [0.2, 0.25) is 5.91 Å². The zero-order valence-corrected chi connectivity index (χ0v) is 12.3. The minimum absolute atomic E-state index is 0. The summed E-state index contributed by atoms with van der Waals surface area (Å²) >= 11 is 5.88. The molecule has 18 heavy (non-hydrogen) atoms. The summed E-state index contributed by atoms with van der Waals surface area (Å²) in [5.41, 5.74) is 6.14. The highest BCUT2D eigenvalue weighted by atomic mass is 35.5. The molecule has 0 unspecified atom stereocenters. The highest BCUT2D eigenvalue weighted by molar-refractivity contribution is 6.30. The van der Waals surface area contributed by atoms with Crippen molar-refractivity contribution in [2.75, 3.05) is 13.1 Å². The second kappa shape index (κ2) is 7.62. The van der Waals surface area contributed by atoms with Gasteiger partial charge >= 0.3 is 0 Å². The van der Waals surface area contributed by atoms with Crippen molar-refractivity contribution in [3.63, 3.8) is 0 Å². The van der Waals surface area contributed by atoms with E-state index in [9.17, 15) is 4.79 Å². The number of rotatable bonds is 5. The van der Waals surface area contributed by atoms with Crippen molar-refractivity contribution in [3.05, 3.63) is 34.9 Å². The second-order valence-electron chi connectivity index (χ2n) is 4.72. The van der Waals surface area contributed by atoms with E-state index in [0.29, 0.717) is 13.1 Å². The topological polar surface area (TPSA) is 55.1 Å². The fraction of sp³-hybridized carbons (Fsp3) is 0.462. The predicted octanol–water partition coefficient (Wildman–Crippen LogP) is 2.41. The van der Waals surface area contributed by atoms with Crippen LogP contribution in [0.2, 0.25) is 5.02 Å². The van der Waals surface area contributed by atoms with Crippen LogP contribution in [-0.4, -0.2) is 19.0 Å². The van der Waals surface area contributed by atoms with Crippen LogP contribution < -0.4 is 11.1 Å². The monoisotopic (exact) mass is 290 g/mol. The quantitative estimate of drug-likeness (QED) is 0.875. The molecule has 1 aromatic rings. The number of amides is 1. The lowest BCUT2D eigenvalue weighted by atomic mass is 9.92. The van der Waals surface area contributed by atoms with Crippen molar-refractivity contribution in [1.29, 1.82) is 0 Å². The maximum atomic E-state index is 11.7. The van der Waals surface area contributed by atoms with E-state index < -0.39 is 5.41 Å². The van der Waals surface area contributed by atoms with Gasteiger partial charge in [0.05, 0.1) is 5.41 Å². The fourth-order valence-corrected chi connectivity index (χ4v) is 1.56. The van der Waals surface area contributed by atoms with Gasteiger partial charge in [0, 0.05) is 18.1 Å². The van der Waals surface area contributed by atoms with E-state index in [-0.39, 0.29) is 18.3 Å². The van der Waals surface area contributed by atoms with Crippen LogP contribution in [0.25, 0.3) is 0 Å². The van der Waals surface area contributed by atoms with Gasteiger partial charge in [-0.1, -0.05) is 23.7 Å². The zero-order valence-electron chi connectivity index (χ0n) is 10.7. The first-order chi connectivity index (χ1) is 7.95. The van der Waals surface area contributed by atoms with E-state index in [0.717, 1.165) is 17.0 Å². The van der Waals surface area contributed by atoms with Crippen LogP contribution in [0.5, 0.6) is 0 Å². The molecule has 0 fully saturated rings. The fourth-order valence-electron chi connectivity index (χ4n) is 1.34. The molecule has 102 valence electrons. The molecule has 0 bridgehead atoms. The van der Waals surface area contributed by atoms with E-state index in [1.165, 1.54) is 0 Å². The van der Waals surface area contributed by atoms with E-state index in [1.807, 2.05) is 38.1 Å². The Morgan fingerprint density at radius 2 is 2.11 bits per heavy atom. The summed E-state index contributed by atoms with van der Waals surface area (Å²) in [5, 5.41) is 3.60. The van der Waals surface area contributed by atoms with Crippen molar-refractivity contribution in [2.24, 2.45) is 11.1 Å². The zero-order chi connectivity index (χ0) is 12.9. The molecule has 3 nitrogen and oxygen atoms in total. The number of nitrogens with one attached hydrogen (secondary N) is 1. The average molecular weight is 291 g/mol. The van der Waals surface area contributed by atoms with Crippen LogP contribution in [0.1, 0.15) is 19.4 Å². The maximum absolute atomic E-state index is 11.7. The van der Waals surface area contributed by atoms with Gasteiger partial charge in [-0.2, -0.15) is 0 Å². The lowest BCUT2D eigenvalue weighted by molar-refractivity contribution is -0.128. The Hall–Kier alpha value is -0.770. The molecular weight excluding hydrogens is 271 g/mol. The second-order valence-corrected chi connectivity index (χ2v) is 5.16. The first kappa shape index (κ1) is 17.2. The minimum Gasteiger partial charge on any atom is -0.355 e. The van der Waals surface area contributed by atoms with Crippen LogP contribution in [0, 0.1) is 5.41 Å². The molecule has 0 aliphatic heterocycles. The van der Waals surface area contributed by atoms with Crippen molar-refractivity contribution < 1.29 is 4.79 Å². The van der Waals surface area contributed by atoms with E-state index >= 15 is 0 Å². The molecule has 0 aliphatic carbocycles. The lowest BCUT2D eigenvalue weighted by Crippen LogP contribution is -2.42. The van der Waals surface area contributed by atoms with Gasteiger partial charge in [-0.05, 0) is 38.0 Å². The van der Waals surface area contributed by atoms with Gasteiger partial charge in [-0.3, -0.25) is 4.79 Å². The third-order valence-corrected chi connectivity index (χ3v) is 2.95. The molecule has 1 aromatic carbocycles. The Kier molecular flexibility index (Phi) is 7.29. The van der Waals surface area contributed by atoms with Gasteiger partial charge in [-0.15, -0.1) is 12.4 Å². The summed E-state index contributed by atoms with van der Waals surface area (Å²) in [7, 11) is 0. The van der Waals surface area contributed by atoms with Crippen molar-refractivity contribution >= 4 is 29.9 Å².